The first kappa shape index (κ1) is 19.5. The summed E-state index contributed by atoms with van der Waals surface area (Å²) in [4.78, 5) is 22.5. The van der Waals surface area contributed by atoms with Crippen LogP contribution in [-0.2, 0) is 13.0 Å². The smallest absolute Gasteiger partial charge is 0.258 e. The number of nitrogens with one attached hydrogen (secondary N) is 1. The molecule has 1 atom stereocenters. The number of aromatic nitrogens is 2. The van der Waals surface area contributed by atoms with E-state index in [4.69, 9.17) is 14.5 Å². The Kier molecular flexibility index (Phi) is 5.53. The van der Waals surface area contributed by atoms with E-state index >= 15 is 0 Å². The summed E-state index contributed by atoms with van der Waals surface area (Å²) in [7, 11) is 0. The quantitative estimate of drug-likeness (QED) is 0.689. The maximum Gasteiger partial charge on any atom is 0.258 e. The van der Waals surface area contributed by atoms with Crippen molar-refractivity contribution in [2.45, 2.75) is 39.8 Å². The molecule has 3 aromatic rings. The van der Waals surface area contributed by atoms with Gasteiger partial charge in [0.25, 0.3) is 5.56 Å². The Morgan fingerprint density at radius 1 is 1.10 bits per heavy atom. The average molecular weight is 393 g/mol. The summed E-state index contributed by atoms with van der Waals surface area (Å²) < 4.78 is 11.6. The lowest BCUT2D eigenvalue weighted by molar-refractivity contribution is 0.184. The van der Waals surface area contributed by atoms with Gasteiger partial charge in [-0.2, -0.15) is 0 Å². The van der Waals surface area contributed by atoms with Crippen LogP contribution in [0.5, 0.6) is 11.5 Å². The summed E-state index contributed by atoms with van der Waals surface area (Å²) in [6, 6.07) is 11.7. The van der Waals surface area contributed by atoms with Crippen molar-refractivity contribution < 1.29 is 9.47 Å². The fourth-order valence-corrected chi connectivity index (χ4v) is 3.93. The number of ether oxygens (including phenoxy) is 2. The predicted molar refractivity (Wildman–Crippen MR) is 114 cm³/mol. The fourth-order valence-electron chi connectivity index (χ4n) is 3.93. The number of hydrogen-bond donors (Lipinski definition) is 1. The van der Waals surface area contributed by atoms with E-state index in [9.17, 15) is 4.79 Å². The van der Waals surface area contributed by atoms with E-state index in [2.05, 4.69) is 28.9 Å². The second-order valence-corrected chi connectivity index (χ2v) is 7.30. The molecule has 0 fully saturated rings. The number of para-hydroxylation sites is 1. The molecule has 1 aromatic heterocycles. The van der Waals surface area contributed by atoms with E-state index in [0.29, 0.717) is 24.4 Å². The number of hydrogen-bond acceptors (Lipinski definition) is 5. The SMILES string of the molecule is CCOc1cc2c(cc1OCC)CN([C@H](C)c1nc3ccccc3c(=O)[nH]1)CC2. The number of fused-ring (bicyclic) bond motifs is 2. The van der Waals surface area contributed by atoms with Gasteiger partial charge >= 0.3 is 0 Å². The Balaban J connectivity index is 1.62. The zero-order valence-electron chi connectivity index (χ0n) is 17.2. The van der Waals surface area contributed by atoms with E-state index < -0.39 is 0 Å². The Labute approximate surface area is 170 Å². The lowest BCUT2D eigenvalue weighted by Crippen LogP contribution is -2.34. The molecule has 1 N–H and O–H groups in total. The third kappa shape index (κ3) is 3.85. The van der Waals surface area contributed by atoms with E-state index in [-0.39, 0.29) is 11.6 Å². The maximum absolute atomic E-state index is 12.5. The topological polar surface area (TPSA) is 67.5 Å². The van der Waals surface area contributed by atoms with Crippen LogP contribution in [0.4, 0.5) is 0 Å². The van der Waals surface area contributed by atoms with Gasteiger partial charge in [0.2, 0.25) is 0 Å². The molecular weight excluding hydrogens is 366 g/mol. The van der Waals surface area contributed by atoms with Crippen LogP contribution in [0.25, 0.3) is 10.9 Å². The van der Waals surface area contributed by atoms with Gasteiger partial charge in [-0.05, 0) is 62.6 Å². The van der Waals surface area contributed by atoms with Crippen LogP contribution < -0.4 is 15.0 Å². The standard InChI is InChI=1S/C23H27N3O3/c1-4-28-20-12-16-10-11-26(14-17(16)13-21(20)29-5-2)15(3)22-24-19-9-7-6-8-18(19)23(27)25-22/h6-9,12-13,15H,4-5,10-11,14H2,1-3H3,(H,24,25,27)/t15-/m1/s1. The van der Waals surface area contributed by atoms with Crippen LogP contribution >= 0.6 is 0 Å². The summed E-state index contributed by atoms with van der Waals surface area (Å²) in [6.07, 6.45) is 0.921. The minimum absolute atomic E-state index is 0.00238. The first-order valence-corrected chi connectivity index (χ1v) is 10.2. The van der Waals surface area contributed by atoms with E-state index in [1.54, 1.807) is 6.07 Å². The molecule has 4 rings (SSSR count). The summed E-state index contributed by atoms with van der Waals surface area (Å²) in [6.45, 7) is 8.94. The van der Waals surface area contributed by atoms with Gasteiger partial charge in [-0.3, -0.25) is 9.69 Å². The molecule has 0 spiro atoms. The molecule has 0 saturated carbocycles. The van der Waals surface area contributed by atoms with Gasteiger partial charge in [0.05, 0.1) is 30.2 Å². The van der Waals surface area contributed by atoms with Crippen LogP contribution in [0.1, 0.15) is 43.8 Å². The first-order valence-electron chi connectivity index (χ1n) is 10.2. The molecule has 0 radical (unpaired) electrons. The summed E-state index contributed by atoms with van der Waals surface area (Å²) in [5.41, 5.74) is 3.17. The van der Waals surface area contributed by atoms with Crippen molar-refractivity contribution in [1.29, 1.82) is 0 Å². The van der Waals surface area contributed by atoms with Gasteiger partial charge in [0.1, 0.15) is 5.82 Å². The maximum atomic E-state index is 12.5. The van der Waals surface area contributed by atoms with Crippen molar-refractivity contribution in [2.24, 2.45) is 0 Å². The van der Waals surface area contributed by atoms with Crippen molar-refractivity contribution in [1.82, 2.24) is 14.9 Å². The molecule has 2 heterocycles. The van der Waals surface area contributed by atoms with Gasteiger partial charge in [-0.1, -0.05) is 12.1 Å². The fraction of sp³-hybridized carbons (Fsp3) is 0.391. The van der Waals surface area contributed by atoms with Crippen LogP contribution in [0.3, 0.4) is 0 Å². The number of aromatic amines is 1. The molecule has 0 saturated heterocycles. The van der Waals surface area contributed by atoms with Crippen LogP contribution in [-0.4, -0.2) is 34.6 Å². The highest BCUT2D eigenvalue weighted by molar-refractivity contribution is 5.77. The third-order valence-electron chi connectivity index (χ3n) is 5.48. The normalized spacial score (nSPS) is 15.1. The molecule has 1 aliphatic heterocycles. The van der Waals surface area contributed by atoms with E-state index in [0.717, 1.165) is 36.5 Å². The van der Waals surface area contributed by atoms with Gasteiger partial charge < -0.3 is 14.5 Å². The van der Waals surface area contributed by atoms with Gasteiger partial charge in [-0.15, -0.1) is 0 Å². The molecule has 1 aliphatic rings. The Bertz CT molecular complexity index is 1080. The van der Waals surface area contributed by atoms with Crippen molar-refractivity contribution in [3.63, 3.8) is 0 Å². The first-order chi connectivity index (χ1) is 14.1. The molecule has 0 amide bonds. The number of benzene rings is 2. The monoisotopic (exact) mass is 393 g/mol. The molecule has 6 nitrogen and oxygen atoms in total. The number of rotatable bonds is 6. The van der Waals surface area contributed by atoms with Crippen LogP contribution in [0.2, 0.25) is 0 Å². The second-order valence-electron chi connectivity index (χ2n) is 7.30. The summed E-state index contributed by atoms with van der Waals surface area (Å²) in [5, 5.41) is 0.622. The molecular formula is C23H27N3O3. The lowest BCUT2D eigenvalue weighted by Gasteiger charge is -2.33. The zero-order valence-corrected chi connectivity index (χ0v) is 17.2. The summed E-state index contributed by atoms with van der Waals surface area (Å²) in [5.74, 6) is 2.31. The van der Waals surface area contributed by atoms with Gasteiger partial charge in [-0.25, -0.2) is 4.98 Å². The zero-order chi connectivity index (χ0) is 20.4. The van der Waals surface area contributed by atoms with Crippen LogP contribution in [0.15, 0.2) is 41.2 Å². The predicted octanol–water partition coefficient (Wildman–Crippen LogP) is 3.84. The lowest BCUT2D eigenvalue weighted by atomic mass is 9.97. The van der Waals surface area contributed by atoms with Crippen molar-refractivity contribution in [3.05, 3.63) is 63.7 Å². The van der Waals surface area contributed by atoms with Crippen molar-refractivity contribution in [3.8, 4) is 11.5 Å². The highest BCUT2D eigenvalue weighted by atomic mass is 16.5. The molecule has 6 heteroatoms. The Hall–Kier alpha value is -2.86. The van der Waals surface area contributed by atoms with Crippen molar-refractivity contribution in [2.75, 3.05) is 19.8 Å². The molecule has 0 bridgehead atoms. The largest absolute Gasteiger partial charge is 0.490 e. The number of nitrogens with zero attached hydrogens (tertiary/aromatic N) is 2. The molecule has 2 aromatic carbocycles. The van der Waals surface area contributed by atoms with Crippen LogP contribution in [0, 0.1) is 0 Å². The summed E-state index contributed by atoms with van der Waals surface area (Å²) >= 11 is 0. The number of H-pyrrole nitrogens is 1. The average Bonchev–Trinajstić information content (AvgIpc) is 2.73. The van der Waals surface area contributed by atoms with E-state index in [1.807, 2.05) is 32.0 Å². The second kappa shape index (κ2) is 8.25. The minimum atomic E-state index is -0.0881. The highest BCUT2D eigenvalue weighted by Gasteiger charge is 2.25. The molecule has 0 aliphatic carbocycles. The Morgan fingerprint density at radius 3 is 2.52 bits per heavy atom. The van der Waals surface area contributed by atoms with E-state index in [1.165, 1.54) is 11.1 Å². The minimum Gasteiger partial charge on any atom is -0.490 e. The molecule has 29 heavy (non-hydrogen) atoms. The van der Waals surface area contributed by atoms with Gasteiger partial charge in [0.15, 0.2) is 11.5 Å². The highest BCUT2D eigenvalue weighted by Crippen LogP contribution is 2.35. The van der Waals surface area contributed by atoms with Crippen molar-refractivity contribution >= 4 is 10.9 Å². The molecule has 152 valence electrons. The molecule has 0 unspecified atom stereocenters. The third-order valence-corrected chi connectivity index (χ3v) is 5.48. The van der Waals surface area contributed by atoms with Gasteiger partial charge in [0, 0.05) is 13.1 Å². The Morgan fingerprint density at radius 2 is 1.79 bits per heavy atom.